The van der Waals surface area contributed by atoms with Crippen molar-refractivity contribution in [2.75, 3.05) is 0 Å². The summed E-state index contributed by atoms with van der Waals surface area (Å²) >= 11 is 0. The van der Waals surface area contributed by atoms with Gasteiger partial charge in [0.15, 0.2) is 0 Å². The van der Waals surface area contributed by atoms with E-state index in [1.54, 1.807) is 18.4 Å². The van der Waals surface area contributed by atoms with Crippen LogP contribution in [0.2, 0.25) is 0 Å². The van der Waals surface area contributed by atoms with Gasteiger partial charge in [0.05, 0.1) is 17.9 Å². The number of rotatable bonds is 6. The molecule has 2 aromatic rings. The average Bonchev–Trinajstić information content (AvgIpc) is 2.97. The molecule has 2 rings (SSSR count). The van der Waals surface area contributed by atoms with Crippen LogP contribution in [0.15, 0.2) is 41.0 Å². The summed E-state index contributed by atoms with van der Waals surface area (Å²) in [7, 11) is 0. The molecule has 104 valence electrons. The molecule has 1 N–H and O–H groups in total. The smallest absolute Gasteiger partial charge is 0.129 e. The zero-order valence-electron chi connectivity index (χ0n) is 11.4. The van der Waals surface area contributed by atoms with Crippen LogP contribution >= 0.6 is 0 Å². The Labute approximate surface area is 118 Å². The molecule has 0 saturated heterocycles. The lowest BCUT2D eigenvalue weighted by atomic mass is 10.1. The molecule has 20 heavy (non-hydrogen) atoms. The maximum atomic E-state index is 13.7. The molecule has 1 aromatic heterocycles. The first-order valence-corrected chi connectivity index (χ1v) is 6.63. The molecular weight excluding hydrogens is 255 g/mol. The zero-order valence-corrected chi connectivity index (χ0v) is 11.4. The lowest BCUT2D eigenvalue weighted by molar-refractivity contribution is 0.456. The molecule has 0 radical (unpaired) electrons. The minimum Gasteiger partial charge on any atom is -0.469 e. The van der Waals surface area contributed by atoms with E-state index in [0.717, 1.165) is 18.6 Å². The van der Waals surface area contributed by atoms with Gasteiger partial charge in [-0.15, -0.1) is 0 Å². The molecule has 0 fully saturated rings. The predicted molar refractivity (Wildman–Crippen MR) is 74.4 cm³/mol. The Hall–Kier alpha value is -2.12. The van der Waals surface area contributed by atoms with Crippen molar-refractivity contribution in [3.05, 3.63) is 59.3 Å². The van der Waals surface area contributed by atoms with Gasteiger partial charge < -0.3 is 9.73 Å². The van der Waals surface area contributed by atoms with Crippen molar-refractivity contribution < 1.29 is 8.81 Å². The van der Waals surface area contributed by atoms with E-state index in [9.17, 15) is 4.39 Å². The Morgan fingerprint density at radius 3 is 2.90 bits per heavy atom. The lowest BCUT2D eigenvalue weighted by Gasteiger charge is -2.13. The van der Waals surface area contributed by atoms with Gasteiger partial charge >= 0.3 is 0 Å². The largest absolute Gasteiger partial charge is 0.469 e. The van der Waals surface area contributed by atoms with Crippen LogP contribution in [-0.4, -0.2) is 6.04 Å². The van der Waals surface area contributed by atoms with Crippen molar-refractivity contribution in [1.29, 1.82) is 5.26 Å². The first kappa shape index (κ1) is 14.3. The molecule has 1 atom stereocenters. The number of furan rings is 1. The molecule has 1 unspecified atom stereocenters. The second kappa shape index (κ2) is 6.88. The number of nitriles is 1. The van der Waals surface area contributed by atoms with E-state index in [2.05, 4.69) is 12.2 Å². The van der Waals surface area contributed by atoms with Gasteiger partial charge in [0.1, 0.15) is 11.6 Å². The van der Waals surface area contributed by atoms with Crippen molar-refractivity contribution in [3.63, 3.8) is 0 Å². The Morgan fingerprint density at radius 2 is 2.25 bits per heavy atom. The minimum absolute atomic E-state index is 0.259. The fourth-order valence-electron chi connectivity index (χ4n) is 1.96. The summed E-state index contributed by atoms with van der Waals surface area (Å²) in [5, 5.41) is 12.0. The van der Waals surface area contributed by atoms with Crippen molar-refractivity contribution >= 4 is 0 Å². The van der Waals surface area contributed by atoms with Crippen molar-refractivity contribution in [2.45, 2.75) is 32.4 Å². The monoisotopic (exact) mass is 272 g/mol. The fourth-order valence-corrected chi connectivity index (χ4v) is 1.96. The zero-order chi connectivity index (χ0) is 14.4. The Balaban J connectivity index is 1.81. The number of benzene rings is 1. The maximum absolute atomic E-state index is 13.7. The second-order valence-electron chi connectivity index (χ2n) is 4.82. The number of hydrogen-bond donors (Lipinski definition) is 1. The summed E-state index contributed by atoms with van der Waals surface area (Å²) in [5.74, 6) is 0.623. The van der Waals surface area contributed by atoms with E-state index in [4.69, 9.17) is 9.68 Å². The second-order valence-corrected chi connectivity index (χ2v) is 4.82. The van der Waals surface area contributed by atoms with Gasteiger partial charge in [-0.2, -0.15) is 5.26 Å². The van der Waals surface area contributed by atoms with Crippen LogP contribution in [-0.2, 0) is 13.0 Å². The van der Waals surface area contributed by atoms with Gasteiger partial charge in [0, 0.05) is 24.6 Å². The third-order valence-electron chi connectivity index (χ3n) is 3.23. The Kier molecular flexibility index (Phi) is 4.91. The first-order chi connectivity index (χ1) is 9.69. The Morgan fingerprint density at radius 1 is 1.40 bits per heavy atom. The van der Waals surface area contributed by atoms with Crippen molar-refractivity contribution in [3.8, 4) is 6.07 Å². The number of aryl methyl sites for hydroxylation is 1. The number of nitrogens with one attached hydrogen (secondary N) is 1. The highest BCUT2D eigenvalue weighted by Gasteiger charge is 2.07. The molecule has 0 aliphatic heterocycles. The third kappa shape index (κ3) is 3.94. The first-order valence-electron chi connectivity index (χ1n) is 6.63. The molecule has 1 heterocycles. The Bertz CT molecular complexity index is 587. The van der Waals surface area contributed by atoms with E-state index >= 15 is 0 Å². The molecule has 3 nitrogen and oxygen atoms in total. The maximum Gasteiger partial charge on any atom is 0.129 e. The van der Waals surface area contributed by atoms with E-state index in [-0.39, 0.29) is 11.9 Å². The number of halogens is 1. The highest BCUT2D eigenvalue weighted by molar-refractivity contribution is 5.32. The highest BCUT2D eigenvalue weighted by atomic mass is 19.1. The van der Waals surface area contributed by atoms with Crippen LogP contribution in [0, 0.1) is 17.1 Å². The minimum atomic E-state index is -0.338. The van der Waals surface area contributed by atoms with Gasteiger partial charge in [-0.25, -0.2) is 4.39 Å². The van der Waals surface area contributed by atoms with E-state index in [1.165, 1.54) is 6.07 Å². The van der Waals surface area contributed by atoms with Crippen LogP contribution in [0.1, 0.15) is 30.2 Å². The van der Waals surface area contributed by atoms with Crippen LogP contribution in [0.3, 0.4) is 0 Å². The lowest BCUT2D eigenvalue weighted by Crippen LogP contribution is -2.26. The van der Waals surface area contributed by atoms with Crippen LogP contribution < -0.4 is 5.32 Å². The van der Waals surface area contributed by atoms with Gasteiger partial charge in [-0.1, -0.05) is 6.07 Å². The molecule has 0 saturated carbocycles. The van der Waals surface area contributed by atoms with Gasteiger partial charge in [0.2, 0.25) is 0 Å². The summed E-state index contributed by atoms with van der Waals surface area (Å²) in [6.07, 6.45) is 3.45. The molecular formula is C16H17FN2O. The topological polar surface area (TPSA) is 49.0 Å². The normalized spacial score (nSPS) is 12.1. The summed E-state index contributed by atoms with van der Waals surface area (Å²) in [6.45, 7) is 2.52. The average molecular weight is 272 g/mol. The van der Waals surface area contributed by atoms with E-state index in [0.29, 0.717) is 17.7 Å². The van der Waals surface area contributed by atoms with Crippen molar-refractivity contribution in [1.82, 2.24) is 5.32 Å². The highest BCUT2D eigenvalue weighted by Crippen LogP contribution is 2.11. The number of nitrogens with zero attached hydrogens (tertiary/aromatic N) is 1. The summed E-state index contributed by atoms with van der Waals surface area (Å²) in [6, 6.07) is 10.6. The van der Waals surface area contributed by atoms with Crippen molar-refractivity contribution in [2.24, 2.45) is 0 Å². The molecule has 0 amide bonds. The standard InChI is InChI=1S/C16H17FN2O/c1-12(4-7-15-3-2-8-20-15)19-11-14-6-5-13(10-18)9-16(14)17/h2-3,5-6,8-9,12,19H,4,7,11H2,1H3. The molecule has 4 heteroatoms. The molecule has 0 bridgehead atoms. The molecule has 0 spiro atoms. The quantitative estimate of drug-likeness (QED) is 0.876. The van der Waals surface area contributed by atoms with E-state index < -0.39 is 0 Å². The predicted octanol–water partition coefficient (Wildman–Crippen LogP) is 3.40. The SMILES string of the molecule is CC(CCc1ccco1)NCc1ccc(C#N)cc1F. The number of hydrogen-bond acceptors (Lipinski definition) is 3. The summed E-state index contributed by atoms with van der Waals surface area (Å²) in [5.41, 5.74) is 0.922. The van der Waals surface area contributed by atoms with Gasteiger partial charge in [0.25, 0.3) is 0 Å². The van der Waals surface area contributed by atoms with Crippen LogP contribution in [0.25, 0.3) is 0 Å². The molecule has 1 aromatic carbocycles. The summed E-state index contributed by atoms with van der Waals surface area (Å²) < 4.78 is 19.0. The van der Waals surface area contributed by atoms with Gasteiger partial charge in [-0.05, 0) is 37.6 Å². The van der Waals surface area contributed by atoms with Gasteiger partial charge in [-0.3, -0.25) is 0 Å². The van der Waals surface area contributed by atoms with Crippen LogP contribution in [0.5, 0.6) is 0 Å². The third-order valence-corrected chi connectivity index (χ3v) is 3.23. The molecule has 0 aliphatic rings. The van der Waals surface area contributed by atoms with Crippen LogP contribution in [0.4, 0.5) is 4.39 Å². The molecule has 0 aliphatic carbocycles. The summed E-state index contributed by atoms with van der Waals surface area (Å²) in [4.78, 5) is 0. The fraction of sp³-hybridized carbons (Fsp3) is 0.312. The van der Waals surface area contributed by atoms with E-state index in [1.807, 2.05) is 18.2 Å².